The van der Waals surface area contributed by atoms with Crippen LogP contribution >= 0.6 is 0 Å². The number of nitrogens with one attached hydrogen (secondary N) is 1. The van der Waals surface area contributed by atoms with Gasteiger partial charge >= 0.3 is 0 Å². The van der Waals surface area contributed by atoms with Gasteiger partial charge in [0.1, 0.15) is 0 Å². The molecule has 1 aromatic carbocycles. The van der Waals surface area contributed by atoms with Gasteiger partial charge in [0.25, 0.3) is 0 Å². The van der Waals surface area contributed by atoms with Crippen LogP contribution < -0.4 is 10.2 Å². The minimum atomic E-state index is -0.0173. The molecule has 0 heterocycles. The molecule has 0 fully saturated rings. The van der Waals surface area contributed by atoms with Crippen molar-refractivity contribution in [3.05, 3.63) is 29.3 Å². The van der Waals surface area contributed by atoms with E-state index in [2.05, 4.69) is 5.32 Å². The molecule has 0 saturated carbocycles. The first-order valence-electron chi connectivity index (χ1n) is 7.43. The lowest BCUT2D eigenvalue weighted by atomic mass is 10.1. The number of aryl methyl sites for hydroxylation is 2. The summed E-state index contributed by atoms with van der Waals surface area (Å²) in [5.74, 6) is 0.360. The van der Waals surface area contributed by atoms with Crippen LogP contribution in [0, 0.1) is 19.8 Å². The molecule has 0 saturated heterocycles. The Kier molecular flexibility index (Phi) is 6.40. The average molecular weight is 290 g/mol. The molecule has 1 aromatic rings. The summed E-state index contributed by atoms with van der Waals surface area (Å²) in [5, 5.41) is 2.86. The Balaban J connectivity index is 2.64. The zero-order valence-corrected chi connectivity index (χ0v) is 13.7. The van der Waals surface area contributed by atoms with Crippen LogP contribution in [0.25, 0.3) is 0 Å². The molecule has 0 bridgehead atoms. The zero-order valence-electron chi connectivity index (χ0n) is 13.7. The van der Waals surface area contributed by atoms with E-state index in [1.54, 1.807) is 11.8 Å². The van der Waals surface area contributed by atoms with Crippen LogP contribution in [0.4, 0.5) is 5.69 Å². The number of carbonyl (C=O) groups excluding carboxylic acids is 2. The summed E-state index contributed by atoms with van der Waals surface area (Å²) in [6.07, 6.45) is 0.518. The highest BCUT2D eigenvalue weighted by Gasteiger charge is 2.12. The van der Waals surface area contributed by atoms with Crippen molar-refractivity contribution in [1.82, 2.24) is 5.32 Å². The van der Waals surface area contributed by atoms with E-state index in [9.17, 15) is 9.59 Å². The number of hydrogen-bond donors (Lipinski definition) is 1. The topological polar surface area (TPSA) is 49.4 Å². The van der Waals surface area contributed by atoms with E-state index in [4.69, 9.17) is 0 Å². The third-order valence-corrected chi connectivity index (χ3v) is 3.43. The van der Waals surface area contributed by atoms with E-state index < -0.39 is 0 Å². The third kappa shape index (κ3) is 5.58. The third-order valence-electron chi connectivity index (χ3n) is 3.43. The second-order valence-corrected chi connectivity index (χ2v) is 5.89. The van der Waals surface area contributed by atoms with Gasteiger partial charge in [0.05, 0.1) is 0 Å². The van der Waals surface area contributed by atoms with Gasteiger partial charge in [-0.15, -0.1) is 0 Å². The molecule has 4 heteroatoms. The molecule has 0 spiro atoms. The Morgan fingerprint density at radius 1 is 1.19 bits per heavy atom. The highest BCUT2D eigenvalue weighted by Crippen LogP contribution is 2.18. The summed E-state index contributed by atoms with van der Waals surface area (Å²) in [6.45, 7) is 10.6. The minimum Gasteiger partial charge on any atom is -0.354 e. The van der Waals surface area contributed by atoms with Crippen LogP contribution in [-0.2, 0) is 9.59 Å². The summed E-state index contributed by atoms with van der Waals surface area (Å²) < 4.78 is 0. The second-order valence-electron chi connectivity index (χ2n) is 5.89. The van der Waals surface area contributed by atoms with Crippen molar-refractivity contribution in [1.29, 1.82) is 0 Å². The maximum Gasteiger partial charge on any atom is 0.223 e. The molecule has 0 radical (unpaired) electrons. The quantitative estimate of drug-likeness (QED) is 0.876. The molecule has 0 atom stereocenters. The van der Waals surface area contributed by atoms with E-state index >= 15 is 0 Å². The van der Waals surface area contributed by atoms with Crippen LogP contribution in [0.15, 0.2) is 18.2 Å². The van der Waals surface area contributed by atoms with Gasteiger partial charge < -0.3 is 10.2 Å². The highest BCUT2D eigenvalue weighted by atomic mass is 16.2. The van der Waals surface area contributed by atoms with Crippen molar-refractivity contribution in [2.24, 2.45) is 5.92 Å². The number of hydrogen-bond acceptors (Lipinski definition) is 2. The molecule has 0 aliphatic heterocycles. The van der Waals surface area contributed by atoms with E-state index in [0.717, 1.165) is 11.3 Å². The number of rotatable bonds is 6. The normalized spacial score (nSPS) is 10.6. The molecule has 0 unspecified atom stereocenters. The summed E-state index contributed by atoms with van der Waals surface area (Å²) in [5.41, 5.74) is 3.23. The first-order chi connectivity index (χ1) is 9.81. The number of anilines is 1. The first-order valence-corrected chi connectivity index (χ1v) is 7.43. The Labute approximate surface area is 127 Å². The predicted octanol–water partition coefficient (Wildman–Crippen LogP) is 2.82. The maximum atomic E-state index is 11.8. The first kappa shape index (κ1) is 17.2. The fraction of sp³-hybridized carbons (Fsp3) is 0.529. The van der Waals surface area contributed by atoms with Gasteiger partial charge in [0, 0.05) is 32.1 Å². The number of carbonyl (C=O) groups is 2. The van der Waals surface area contributed by atoms with Crippen molar-refractivity contribution < 1.29 is 9.59 Å². The van der Waals surface area contributed by atoms with Crippen LogP contribution in [-0.4, -0.2) is 24.9 Å². The van der Waals surface area contributed by atoms with E-state index in [0.29, 0.717) is 25.4 Å². The van der Waals surface area contributed by atoms with Gasteiger partial charge in [-0.05, 0) is 43.0 Å². The Hall–Kier alpha value is -1.84. The molecule has 1 rings (SSSR count). The average Bonchev–Trinajstić information content (AvgIpc) is 2.37. The van der Waals surface area contributed by atoms with Crippen molar-refractivity contribution in [2.45, 2.75) is 41.0 Å². The van der Waals surface area contributed by atoms with Crippen LogP contribution in [0.1, 0.15) is 38.3 Å². The summed E-state index contributed by atoms with van der Waals surface area (Å²) in [4.78, 5) is 25.1. The second kappa shape index (κ2) is 7.81. The van der Waals surface area contributed by atoms with Crippen molar-refractivity contribution in [2.75, 3.05) is 18.0 Å². The van der Waals surface area contributed by atoms with Crippen molar-refractivity contribution >= 4 is 17.5 Å². The summed E-state index contributed by atoms with van der Waals surface area (Å²) >= 11 is 0. The predicted molar refractivity (Wildman–Crippen MR) is 86.4 cm³/mol. The molecule has 21 heavy (non-hydrogen) atoms. The lowest BCUT2D eigenvalue weighted by molar-refractivity contribution is -0.122. The maximum absolute atomic E-state index is 11.8. The van der Waals surface area contributed by atoms with E-state index in [1.165, 1.54) is 5.56 Å². The number of nitrogens with zero attached hydrogens (tertiary/aromatic N) is 1. The van der Waals surface area contributed by atoms with Gasteiger partial charge in [-0.1, -0.05) is 19.9 Å². The number of benzene rings is 1. The summed E-state index contributed by atoms with van der Waals surface area (Å²) in [6, 6.07) is 5.96. The minimum absolute atomic E-state index is 0.0173. The largest absolute Gasteiger partial charge is 0.354 e. The van der Waals surface area contributed by atoms with E-state index in [1.807, 2.05) is 45.9 Å². The van der Waals surface area contributed by atoms with Crippen LogP contribution in [0.5, 0.6) is 0 Å². The SMILES string of the molecule is CC(=O)N(CCNC(=O)CC(C)C)c1ccc(C)c(C)c1. The highest BCUT2D eigenvalue weighted by molar-refractivity contribution is 5.91. The molecular weight excluding hydrogens is 264 g/mol. The molecule has 0 aliphatic rings. The van der Waals surface area contributed by atoms with Crippen molar-refractivity contribution in [3.63, 3.8) is 0 Å². The lowest BCUT2D eigenvalue weighted by Gasteiger charge is -2.22. The summed E-state index contributed by atoms with van der Waals surface area (Å²) in [7, 11) is 0. The molecule has 2 amide bonds. The van der Waals surface area contributed by atoms with Gasteiger partial charge in [-0.25, -0.2) is 0 Å². The zero-order chi connectivity index (χ0) is 16.0. The lowest BCUT2D eigenvalue weighted by Crippen LogP contribution is -2.37. The van der Waals surface area contributed by atoms with Gasteiger partial charge in [-0.3, -0.25) is 9.59 Å². The molecule has 4 nitrogen and oxygen atoms in total. The fourth-order valence-electron chi connectivity index (χ4n) is 2.11. The Bertz CT molecular complexity index is 510. The van der Waals surface area contributed by atoms with Gasteiger partial charge in [-0.2, -0.15) is 0 Å². The molecule has 0 aromatic heterocycles. The molecule has 1 N–H and O–H groups in total. The Morgan fingerprint density at radius 2 is 1.86 bits per heavy atom. The van der Waals surface area contributed by atoms with Gasteiger partial charge in [0.15, 0.2) is 0 Å². The van der Waals surface area contributed by atoms with Crippen LogP contribution in [0.2, 0.25) is 0 Å². The Morgan fingerprint density at radius 3 is 2.38 bits per heavy atom. The standard InChI is InChI=1S/C17H26N2O2/c1-12(2)10-17(21)18-8-9-19(15(5)20)16-7-6-13(3)14(4)11-16/h6-7,11-12H,8-10H2,1-5H3,(H,18,21). The molecule has 116 valence electrons. The fourth-order valence-corrected chi connectivity index (χ4v) is 2.11. The molecular formula is C17H26N2O2. The van der Waals surface area contributed by atoms with Crippen LogP contribution in [0.3, 0.4) is 0 Å². The molecule has 0 aliphatic carbocycles. The number of amides is 2. The smallest absolute Gasteiger partial charge is 0.223 e. The van der Waals surface area contributed by atoms with Crippen molar-refractivity contribution in [3.8, 4) is 0 Å². The van der Waals surface area contributed by atoms with E-state index in [-0.39, 0.29) is 11.8 Å². The van der Waals surface area contributed by atoms with Gasteiger partial charge in [0.2, 0.25) is 11.8 Å². The monoisotopic (exact) mass is 290 g/mol.